The zero-order valence-corrected chi connectivity index (χ0v) is 26.3. The van der Waals surface area contributed by atoms with Gasteiger partial charge >= 0.3 is 0 Å². The standard InChI is InChI=1S/C30H31Cl2N7O.C3H6O/c1-18(33)26(30(34)35)17-37-13-15-40-23-9-2-19(3-10-23)28-29-24(25-16-21(32)6-11-27(25)39(29)36)12-14-38(28)22-7-4-20(31)5-8-22;1-3(2)4/h2-11,16-17,28,37H,1,12-15,33,36H2,(H3,34,35);1-2H3/b26-17-;. The third-order valence-electron chi connectivity index (χ3n) is 7.04. The molecule has 1 aliphatic rings. The van der Waals surface area contributed by atoms with E-state index in [0.717, 1.165) is 46.6 Å². The molecule has 0 radical (unpaired) electrons. The fourth-order valence-electron chi connectivity index (χ4n) is 5.18. The number of anilines is 1. The van der Waals surface area contributed by atoms with Crippen molar-refractivity contribution in [1.29, 1.82) is 5.41 Å². The molecule has 8 N–H and O–H groups in total. The number of Topliss-reactive ketones (excluding diaryl/α,β-unsaturated/α-hetero) is 1. The summed E-state index contributed by atoms with van der Waals surface area (Å²) in [7, 11) is 0. The van der Waals surface area contributed by atoms with Gasteiger partial charge in [0.1, 0.15) is 24.0 Å². The first kappa shape index (κ1) is 32.3. The number of hydrogen-bond acceptors (Lipinski definition) is 7. The van der Waals surface area contributed by atoms with Crippen LogP contribution in [0.5, 0.6) is 5.75 Å². The molecule has 0 aliphatic carbocycles. The molecular formula is C33H37Cl2N7O2. The summed E-state index contributed by atoms with van der Waals surface area (Å²) in [5.74, 6) is 7.50. The lowest BCUT2D eigenvalue weighted by molar-refractivity contribution is -0.115. The van der Waals surface area contributed by atoms with Gasteiger partial charge in [0.05, 0.1) is 22.8 Å². The van der Waals surface area contributed by atoms with Crippen LogP contribution in [0.15, 0.2) is 90.8 Å². The van der Waals surface area contributed by atoms with Crippen molar-refractivity contribution in [3.63, 3.8) is 0 Å². The molecule has 1 atom stereocenters. The number of hydrogen-bond donors (Lipinski definition) is 5. The molecule has 11 heteroatoms. The van der Waals surface area contributed by atoms with E-state index in [-0.39, 0.29) is 23.4 Å². The normalized spacial score (nSPS) is 14.3. The van der Waals surface area contributed by atoms with Gasteiger partial charge in [0, 0.05) is 46.1 Å². The first-order chi connectivity index (χ1) is 21.0. The Labute approximate surface area is 267 Å². The van der Waals surface area contributed by atoms with E-state index in [1.807, 2.05) is 54.6 Å². The number of ether oxygens (including phenoxy) is 1. The van der Waals surface area contributed by atoms with Gasteiger partial charge in [0.15, 0.2) is 0 Å². The molecular weight excluding hydrogens is 597 g/mol. The van der Waals surface area contributed by atoms with Crippen molar-refractivity contribution in [2.45, 2.75) is 26.3 Å². The van der Waals surface area contributed by atoms with E-state index >= 15 is 0 Å². The number of halogens is 2. The van der Waals surface area contributed by atoms with Crippen LogP contribution in [0, 0.1) is 5.41 Å². The SMILES string of the molecule is C=C(N)/C(=C/NCCOc1ccc(C2c3c(c4cc(Cl)ccc4n3N)CCN2c2ccc(Cl)cc2)cc1)C(=N)N.CC(C)=O. The fourth-order valence-corrected chi connectivity index (χ4v) is 5.48. The highest BCUT2D eigenvalue weighted by atomic mass is 35.5. The van der Waals surface area contributed by atoms with Crippen molar-refractivity contribution >= 4 is 51.4 Å². The smallest absolute Gasteiger partial charge is 0.126 e. The second-order valence-electron chi connectivity index (χ2n) is 10.5. The zero-order chi connectivity index (χ0) is 32.0. The monoisotopic (exact) mass is 633 g/mol. The van der Waals surface area contributed by atoms with Crippen molar-refractivity contribution < 1.29 is 9.53 Å². The van der Waals surface area contributed by atoms with Crippen LogP contribution in [0.25, 0.3) is 10.9 Å². The highest BCUT2D eigenvalue weighted by molar-refractivity contribution is 6.31. The largest absolute Gasteiger partial charge is 0.492 e. The number of aromatic nitrogens is 1. The molecule has 2 heterocycles. The summed E-state index contributed by atoms with van der Waals surface area (Å²) in [6, 6.07) is 21.7. The highest BCUT2D eigenvalue weighted by Gasteiger charge is 2.34. The second-order valence-corrected chi connectivity index (χ2v) is 11.4. The minimum atomic E-state index is -0.144. The molecule has 0 spiro atoms. The number of nitrogens with zero attached hydrogens (tertiary/aromatic N) is 2. The molecule has 44 heavy (non-hydrogen) atoms. The van der Waals surface area contributed by atoms with Crippen LogP contribution in [0.3, 0.4) is 0 Å². The van der Waals surface area contributed by atoms with Gasteiger partial charge in [-0.1, -0.05) is 41.9 Å². The summed E-state index contributed by atoms with van der Waals surface area (Å²) >= 11 is 12.6. The predicted molar refractivity (Wildman–Crippen MR) is 181 cm³/mol. The first-order valence-electron chi connectivity index (χ1n) is 14.0. The topological polar surface area (TPSA) is 148 Å². The molecule has 4 aromatic rings. The van der Waals surface area contributed by atoms with Crippen molar-refractivity contribution in [3.8, 4) is 5.75 Å². The molecule has 230 valence electrons. The van der Waals surface area contributed by atoms with Crippen LogP contribution >= 0.6 is 23.2 Å². The summed E-state index contributed by atoms with van der Waals surface area (Å²) in [6.07, 6.45) is 2.41. The van der Waals surface area contributed by atoms with Crippen LogP contribution in [-0.2, 0) is 11.2 Å². The van der Waals surface area contributed by atoms with Gasteiger partial charge in [0.25, 0.3) is 0 Å². The lowest BCUT2D eigenvalue weighted by atomic mass is 9.91. The molecule has 5 rings (SSSR count). The van der Waals surface area contributed by atoms with E-state index in [0.29, 0.717) is 28.8 Å². The first-order valence-corrected chi connectivity index (χ1v) is 14.8. The molecule has 0 bridgehead atoms. The Balaban J connectivity index is 0.00000104. The van der Waals surface area contributed by atoms with Crippen LogP contribution in [0.2, 0.25) is 10.0 Å². The van der Waals surface area contributed by atoms with Gasteiger partial charge < -0.3 is 37.1 Å². The quantitative estimate of drug-likeness (QED) is 0.0524. The minimum absolute atomic E-state index is 0.128. The molecule has 1 unspecified atom stereocenters. The zero-order valence-electron chi connectivity index (χ0n) is 24.7. The number of nitrogen functional groups attached to an aromatic ring is 1. The van der Waals surface area contributed by atoms with Gasteiger partial charge in [-0.15, -0.1) is 0 Å². The Morgan fingerprint density at radius 2 is 1.70 bits per heavy atom. The molecule has 0 amide bonds. The maximum atomic E-state index is 9.44. The van der Waals surface area contributed by atoms with Crippen LogP contribution in [0.4, 0.5) is 5.69 Å². The summed E-state index contributed by atoms with van der Waals surface area (Å²) in [6.45, 7) is 8.39. The summed E-state index contributed by atoms with van der Waals surface area (Å²) in [4.78, 5) is 11.8. The Morgan fingerprint density at radius 3 is 2.32 bits per heavy atom. The van der Waals surface area contributed by atoms with Crippen molar-refractivity contribution in [1.82, 2.24) is 9.99 Å². The number of benzene rings is 3. The second kappa shape index (κ2) is 14.2. The lowest BCUT2D eigenvalue weighted by Gasteiger charge is -2.38. The maximum absolute atomic E-state index is 9.44. The van der Waals surface area contributed by atoms with Crippen molar-refractivity contribution in [2.75, 3.05) is 30.4 Å². The van der Waals surface area contributed by atoms with Crippen LogP contribution in [0.1, 0.15) is 36.7 Å². The average Bonchev–Trinajstić information content (AvgIpc) is 3.25. The molecule has 1 aliphatic heterocycles. The maximum Gasteiger partial charge on any atom is 0.126 e. The molecule has 0 fully saturated rings. The van der Waals surface area contributed by atoms with Crippen molar-refractivity contribution in [3.05, 3.63) is 118 Å². The summed E-state index contributed by atoms with van der Waals surface area (Å²) in [5, 5.41) is 13.1. The third kappa shape index (κ3) is 7.48. The third-order valence-corrected chi connectivity index (χ3v) is 7.52. The van der Waals surface area contributed by atoms with E-state index in [1.165, 1.54) is 19.4 Å². The Kier molecular flexibility index (Phi) is 10.5. The molecule has 3 aromatic carbocycles. The van der Waals surface area contributed by atoms with Gasteiger partial charge in [0.2, 0.25) is 0 Å². The lowest BCUT2D eigenvalue weighted by Crippen LogP contribution is -2.38. The molecule has 1 aromatic heterocycles. The van der Waals surface area contributed by atoms with E-state index in [9.17, 15) is 4.79 Å². The van der Waals surface area contributed by atoms with Crippen molar-refractivity contribution in [2.24, 2.45) is 11.5 Å². The number of amidine groups is 1. The van der Waals surface area contributed by atoms with E-state index in [1.54, 1.807) is 10.9 Å². The molecule has 9 nitrogen and oxygen atoms in total. The van der Waals surface area contributed by atoms with Gasteiger partial charge in [-0.05, 0) is 86.0 Å². The summed E-state index contributed by atoms with van der Waals surface area (Å²) in [5.41, 5.74) is 17.1. The number of nitrogens with two attached hydrogens (primary N) is 3. The minimum Gasteiger partial charge on any atom is -0.492 e. The van der Waals surface area contributed by atoms with Gasteiger partial charge in [-0.25, -0.2) is 0 Å². The van der Waals surface area contributed by atoms with E-state index < -0.39 is 0 Å². The fraction of sp³-hybridized carbons (Fsp3) is 0.212. The number of ketones is 1. The Bertz CT molecular complexity index is 1680. The number of fused-ring (bicyclic) bond motifs is 3. The molecule has 0 saturated heterocycles. The number of carbonyl (C=O) groups is 1. The highest BCUT2D eigenvalue weighted by Crippen LogP contribution is 2.42. The number of nitrogens with one attached hydrogen (secondary N) is 2. The van der Waals surface area contributed by atoms with Gasteiger partial charge in [-0.3, -0.25) is 10.1 Å². The van der Waals surface area contributed by atoms with Crippen LogP contribution < -0.4 is 32.3 Å². The molecule has 0 saturated carbocycles. The van der Waals surface area contributed by atoms with Gasteiger partial charge in [-0.2, -0.15) is 0 Å². The van der Waals surface area contributed by atoms with E-state index in [2.05, 4.69) is 28.9 Å². The Morgan fingerprint density at radius 1 is 1.07 bits per heavy atom. The average molecular weight is 635 g/mol. The van der Waals surface area contributed by atoms with E-state index in [4.69, 9.17) is 50.7 Å². The van der Waals surface area contributed by atoms with Crippen LogP contribution in [-0.4, -0.2) is 36.0 Å². The Hall–Kier alpha value is -4.60. The number of carbonyl (C=O) groups excluding carboxylic acids is 1. The predicted octanol–water partition coefficient (Wildman–Crippen LogP) is 5.67. The summed E-state index contributed by atoms with van der Waals surface area (Å²) < 4.78 is 7.72. The number of rotatable bonds is 9.